The summed E-state index contributed by atoms with van der Waals surface area (Å²) in [7, 11) is 0. The molecule has 0 atom stereocenters. The Bertz CT molecular complexity index is 276. The van der Waals surface area contributed by atoms with Crippen LogP contribution in [0.1, 0.15) is 6.92 Å². The van der Waals surface area contributed by atoms with Gasteiger partial charge in [0.2, 0.25) is 5.71 Å². The minimum Gasteiger partial charge on any atom is -0.461 e. The fourth-order valence-corrected chi connectivity index (χ4v) is 2.94. The molecule has 0 aromatic rings. The summed E-state index contributed by atoms with van der Waals surface area (Å²) in [5, 5.41) is 13.5. The van der Waals surface area contributed by atoms with E-state index in [9.17, 15) is 4.79 Å². The second-order valence-corrected chi connectivity index (χ2v) is 4.48. The molecule has 0 aromatic heterocycles. The first-order chi connectivity index (χ1) is 6.79. The fraction of sp³-hybridized carbons (Fsp3) is 0.500. The van der Waals surface area contributed by atoms with E-state index in [0.717, 1.165) is 11.5 Å². The quantitative estimate of drug-likeness (QED) is 0.348. The molecule has 0 unspecified atom stereocenters. The summed E-state index contributed by atoms with van der Waals surface area (Å²) in [6.45, 7) is 1.99. The van der Waals surface area contributed by atoms with E-state index in [1.165, 1.54) is 11.8 Å². The zero-order valence-electron chi connectivity index (χ0n) is 7.73. The van der Waals surface area contributed by atoms with Gasteiger partial charge in [0.25, 0.3) is 0 Å². The molecule has 14 heavy (non-hydrogen) atoms. The lowest BCUT2D eigenvalue weighted by Crippen LogP contribution is -2.19. The Kier molecular flexibility index (Phi) is 4.89. The van der Waals surface area contributed by atoms with Crippen molar-refractivity contribution >= 4 is 35.2 Å². The van der Waals surface area contributed by atoms with E-state index in [1.807, 2.05) is 5.41 Å². The second kappa shape index (κ2) is 5.98. The largest absolute Gasteiger partial charge is 0.461 e. The maximum absolute atomic E-state index is 11.3. The molecule has 0 fully saturated rings. The van der Waals surface area contributed by atoms with Crippen LogP contribution in [0.4, 0.5) is 0 Å². The topological polar surface area (TPSA) is 58.9 Å². The molecule has 0 radical (unpaired) electrons. The molecule has 1 N–H and O–H groups in total. The Morgan fingerprint density at radius 3 is 3.00 bits per heavy atom. The van der Waals surface area contributed by atoms with Crippen molar-refractivity contribution in [3.8, 4) is 0 Å². The van der Waals surface area contributed by atoms with E-state index in [1.54, 1.807) is 18.7 Å². The van der Waals surface area contributed by atoms with Crippen molar-refractivity contribution in [2.24, 2.45) is 5.16 Å². The number of rotatable bonds is 3. The van der Waals surface area contributed by atoms with Crippen LogP contribution in [0.3, 0.4) is 0 Å². The highest BCUT2D eigenvalue weighted by molar-refractivity contribution is 8.10. The summed E-state index contributed by atoms with van der Waals surface area (Å²) in [4.78, 5) is 12.0. The minimum absolute atomic E-state index is 0.00375. The van der Waals surface area contributed by atoms with Crippen LogP contribution in [0.25, 0.3) is 0 Å². The average Bonchev–Trinajstić information content (AvgIpc) is 2.21. The highest BCUT2D eigenvalue weighted by Gasteiger charge is 2.20. The third-order valence-electron chi connectivity index (χ3n) is 1.45. The van der Waals surface area contributed by atoms with Crippen LogP contribution < -0.4 is 0 Å². The van der Waals surface area contributed by atoms with E-state index in [2.05, 4.69) is 5.16 Å². The molecule has 1 aliphatic rings. The number of nitrogens with zero attached hydrogens (tertiary/aromatic N) is 1. The van der Waals surface area contributed by atoms with Crippen LogP contribution in [0.5, 0.6) is 0 Å². The summed E-state index contributed by atoms with van der Waals surface area (Å²) in [6, 6.07) is 0. The first-order valence-corrected chi connectivity index (χ1v) is 6.17. The van der Waals surface area contributed by atoms with Crippen LogP contribution in [0, 0.1) is 0 Å². The molecular formula is C8H11NO3S2. The second-order valence-electron chi connectivity index (χ2n) is 2.37. The van der Waals surface area contributed by atoms with Gasteiger partial charge in [-0.25, -0.2) is 4.79 Å². The van der Waals surface area contributed by atoms with E-state index in [-0.39, 0.29) is 12.3 Å². The summed E-state index contributed by atoms with van der Waals surface area (Å²) >= 11 is 3.10. The molecule has 0 saturated carbocycles. The number of hydrogen-bond acceptors (Lipinski definition) is 6. The number of esters is 1. The number of oxime groups is 1. The number of thioether (sulfide) groups is 2. The monoisotopic (exact) mass is 233 g/mol. The van der Waals surface area contributed by atoms with Gasteiger partial charge in [-0.2, -0.15) is 0 Å². The third-order valence-corrected chi connectivity index (χ3v) is 3.73. The SMILES string of the molecule is CCOC(=O)/C(=N/O)C1=CSCCS1. The number of carbonyl (C=O) groups excluding carboxylic acids is 1. The highest BCUT2D eigenvalue weighted by Crippen LogP contribution is 2.27. The van der Waals surface area contributed by atoms with Crippen molar-refractivity contribution in [2.75, 3.05) is 18.1 Å². The Morgan fingerprint density at radius 2 is 2.50 bits per heavy atom. The smallest absolute Gasteiger partial charge is 0.361 e. The van der Waals surface area contributed by atoms with Crippen molar-refractivity contribution in [2.45, 2.75) is 6.92 Å². The summed E-state index contributed by atoms with van der Waals surface area (Å²) < 4.78 is 4.75. The molecule has 1 heterocycles. The van der Waals surface area contributed by atoms with Gasteiger partial charge >= 0.3 is 5.97 Å². The zero-order valence-corrected chi connectivity index (χ0v) is 9.36. The van der Waals surface area contributed by atoms with Gasteiger partial charge < -0.3 is 9.94 Å². The van der Waals surface area contributed by atoms with Gasteiger partial charge in [0, 0.05) is 11.5 Å². The Morgan fingerprint density at radius 1 is 1.71 bits per heavy atom. The van der Waals surface area contributed by atoms with Gasteiger partial charge in [-0.1, -0.05) is 5.16 Å². The molecule has 0 bridgehead atoms. The maximum atomic E-state index is 11.3. The summed E-state index contributed by atoms with van der Waals surface area (Å²) in [5.41, 5.74) is 0.00375. The van der Waals surface area contributed by atoms with Gasteiger partial charge in [-0.3, -0.25) is 0 Å². The van der Waals surface area contributed by atoms with Crippen LogP contribution in [-0.2, 0) is 9.53 Å². The average molecular weight is 233 g/mol. The van der Waals surface area contributed by atoms with Crippen molar-refractivity contribution in [1.82, 2.24) is 0 Å². The number of ether oxygens (including phenoxy) is 1. The fourth-order valence-electron chi connectivity index (χ4n) is 0.883. The lowest BCUT2D eigenvalue weighted by atomic mass is 10.4. The van der Waals surface area contributed by atoms with Gasteiger partial charge in [-0.05, 0) is 12.3 Å². The van der Waals surface area contributed by atoms with Gasteiger partial charge in [0.15, 0.2) is 0 Å². The Hall–Kier alpha value is -0.620. The first-order valence-electron chi connectivity index (χ1n) is 4.13. The van der Waals surface area contributed by atoms with Gasteiger partial charge in [-0.15, -0.1) is 23.5 Å². The number of carbonyl (C=O) groups is 1. The summed E-state index contributed by atoms with van der Waals surface area (Å²) in [6.07, 6.45) is 0. The van der Waals surface area contributed by atoms with Crippen LogP contribution in [-0.4, -0.2) is 35.0 Å². The standard InChI is InChI=1S/C8H11NO3S2/c1-2-12-8(10)7(9-11)6-5-13-3-4-14-6/h5,11H,2-4H2,1H3/b9-7+. The zero-order chi connectivity index (χ0) is 10.4. The lowest BCUT2D eigenvalue weighted by Gasteiger charge is -2.11. The van der Waals surface area contributed by atoms with Crippen molar-refractivity contribution < 1.29 is 14.7 Å². The van der Waals surface area contributed by atoms with E-state index in [0.29, 0.717) is 4.91 Å². The molecule has 0 aliphatic carbocycles. The van der Waals surface area contributed by atoms with Gasteiger partial charge in [0.1, 0.15) is 0 Å². The third kappa shape index (κ3) is 2.95. The summed E-state index contributed by atoms with van der Waals surface area (Å²) in [5.74, 6) is 1.35. The van der Waals surface area contributed by atoms with Crippen molar-refractivity contribution in [3.63, 3.8) is 0 Å². The molecule has 0 spiro atoms. The molecule has 1 aliphatic heterocycles. The lowest BCUT2D eigenvalue weighted by molar-refractivity contribution is -0.135. The Labute approximate surface area is 90.8 Å². The van der Waals surface area contributed by atoms with E-state index >= 15 is 0 Å². The molecule has 1 rings (SSSR count). The van der Waals surface area contributed by atoms with Crippen molar-refractivity contribution in [1.29, 1.82) is 0 Å². The van der Waals surface area contributed by atoms with Crippen LogP contribution in [0.2, 0.25) is 0 Å². The Balaban J connectivity index is 2.71. The molecule has 6 heteroatoms. The molecule has 0 amide bonds. The van der Waals surface area contributed by atoms with Crippen molar-refractivity contribution in [3.05, 3.63) is 10.3 Å². The normalized spacial score (nSPS) is 17.5. The first kappa shape index (κ1) is 11.5. The predicted octanol–water partition coefficient (Wildman–Crippen LogP) is 1.70. The minimum atomic E-state index is -0.573. The predicted molar refractivity (Wildman–Crippen MR) is 58.9 cm³/mol. The highest BCUT2D eigenvalue weighted by atomic mass is 32.2. The molecule has 0 aromatic carbocycles. The maximum Gasteiger partial charge on any atom is 0.361 e. The molecule has 0 saturated heterocycles. The van der Waals surface area contributed by atoms with E-state index in [4.69, 9.17) is 9.94 Å². The molecular weight excluding hydrogens is 222 g/mol. The molecule has 78 valence electrons. The molecule has 4 nitrogen and oxygen atoms in total. The van der Waals surface area contributed by atoms with Crippen LogP contribution >= 0.6 is 23.5 Å². The van der Waals surface area contributed by atoms with Crippen LogP contribution in [0.15, 0.2) is 15.5 Å². The van der Waals surface area contributed by atoms with Gasteiger partial charge in [0.05, 0.1) is 11.5 Å². The van der Waals surface area contributed by atoms with E-state index < -0.39 is 5.97 Å². The number of hydrogen-bond donors (Lipinski definition) is 1.